The summed E-state index contributed by atoms with van der Waals surface area (Å²) >= 11 is 0. The third-order valence-electron chi connectivity index (χ3n) is 4.44. The predicted octanol–water partition coefficient (Wildman–Crippen LogP) is 4.74. The van der Waals surface area contributed by atoms with Crippen LogP contribution in [0.3, 0.4) is 0 Å². The molecule has 1 amide bonds. The zero-order valence-corrected chi connectivity index (χ0v) is 15.4. The van der Waals surface area contributed by atoms with E-state index < -0.39 is 0 Å². The molecule has 0 unspecified atom stereocenters. The summed E-state index contributed by atoms with van der Waals surface area (Å²) in [6.07, 6.45) is 2.18. The molecule has 27 heavy (non-hydrogen) atoms. The number of aryl methyl sites for hydroxylation is 2. The van der Waals surface area contributed by atoms with Crippen LogP contribution in [0.5, 0.6) is 0 Å². The van der Waals surface area contributed by atoms with Crippen LogP contribution in [-0.2, 0) is 6.42 Å². The molecule has 0 bridgehead atoms. The minimum absolute atomic E-state index is 0.198. The lowest BCUT2D eigenvalue weighted by molar-refractivity contribution is 0.102. The van der Waals surface area contributed by atoms with Gasteiger partial charge in [0.25, 0.3) is 5.91 Å². The lowest BCUT2D eigenvalue weighted by Gasteiger charge is -2.09. The Bertz CT molecular complexity index is 939. The SMILES string of the molecule is Cc1ccc(NC(=O)c2ccc(NCCc3ccccc3F)cn2)cc1C. The highest BCUT2D eigenvalue weighted by Gasteiger charge is 2.08. The Labute approximate surface area is 158 Å². The van der Waals surface area contributed by atoms with Crippen LogP contribution in [0.25, 0.3) is 0 Å². The molecule has 0 aliphatic rings. The third kappa shape index (κ3) is 4.91. The van der Waals surface area contributed by atoms with Gasteiger partial charge in [0, 0.05) is 12.2 Å². The Balaban J connectivity index is 1.55. The Morgan fingerprint density at radius 1 is 1.00 bits per heavy atom. The average molecular weight is 363 g/mol. The first-order chi connectivity index (χ1) is 13.0. The molecule has 3 aromatic rings. The van der Waals surface area contributed by atoms with E-state index in [-0.39, 0.29) is 11.7 Å². The van der Waals surface area contributed by atoms with Gasteiger partial charge in [0.2, 0.25) is 0 Å². The van der Waals surface area contributed by atoms with Crippen molar-refractivity contribution in [2.24, 2.45) is 0 Å². The molecule has 4 nitrogen and oxygen atoms in total. The molecule has 2 N–H and O–H groups in total. The first-order valence-electron chi connectivity index (χ1n) is 8.85. The fourth-order valence-corrected chi connectivity index (χ4v) is 2.69. The number of halogens is 1. The Kier molecular flexibility index (Phi) is 5.81. The van der Waals surface area contributed by atoms with Gasteiger partial charge in [0.15, 0.2) is 0 Å². The molecule has 0 fully saturated rings. The molecule has 0 spiro atoms. The molecule has 2 aromatic carbocycles. The van der Waals surface area contributed by atoms with Crippen molar-refractivity contribution < 1.29 is 9.18 Å². The molecule has 0 aliphatic heterocycles. The summed E-state index contributed by atoms with van der Waals surface area (Å²) in [4.78, 5) is 16.5. The van der Waals surface area contributed by atoms with E-state index in [9.17, 15) is 9.18 Å². The zero-order chi connectivity index (χ0) is 19.2. The van der Waals surface area contributed by atoms with E-state index in [0.717, 1.165) is 16.9 Å². The topological polar surface area (TPSA) is 54.0 Å². The highest BCUT2D eigenvalue weighted by atomic mass is 19.1. The number of nitrogens with zero attached hydrogens (tertiary/aromatic N) is 1. The van der Waals surface area contributed by atoms with E-state index in [1.807, 2.05) is 38.1 Å². The van der Waals surface area contributed by atoms with Crippen LogP contribution in [0.4, 0.5) is 15.8 Å². The van der Waals surface area contributed by atoms with Gasteiger partial charge in [-0.2, -0.15) is 0 Å². The molecule has 0 atom stereocenters. The van der Waals surface area contributed by atoms with Crippen molar-refractivity contribution in [3.05, 3.63) is 89.0 Å². The van der Waals surface area contributed by atoms with Gasteiger partial charge < -0.3 is 10.6 Å². The first-order valence-corrected chi connectivity index (χ1v) is 8.85. The second-order valence-electron chi connectivity index (χ2n) is 6.45. The van der Waals surface area contributed by atoms with Crippen LogP contribution in [-0.4, -0.2) is 17.4 Å². The fraction of sp³-hybridized carbons (Fsp3) is 0.182. The number of aromatic nitrogens is 1. The van der Waals surface area contributed by atoms with Gasteiger partial charge in [0.1, 0.15) is 11.5 Å². The fourth-order valence-electron chi connectivity index (χ4n) is 2.69. The largest absolute Gasteiger partial charge is 0.383 e. The minimum atomic E-state index is -0.254. The monoisotopic (exact) mass is 363 g/mol. The van der Waals surface area contributed by atoms with Gasteiger partial charge in [-0.1, -0.05) is 24.3 Å². The first kappa shape index (κ1) is 18.6. The number of rotatable bonds is 6. The molecular formula is C22H22FN3O. The number of carbonyl (C=O) groups excluding carboxylic acids is 1. The van der Waals surface area contributed by atoms with Gasteiger partial charge in [-0.05, 0) is 67.3 Å². The van der Waals surface area contributed by atoms with Gasteiger partial charge in [-0.25, -0.2) is 9.37 Å². The number of hydrogen-bond acceptors (Lipinski definition) is 3. The van der Waals surface area contributed by atoms with Crippen molar-refractivity contribution in [2.45, 2.75) is 20.3 Å². The molecule has 3 rings (SSSR count). The number of amides is 1. The number of pyridine rings is 1. The summed E-state index contributed by atoms with van der Waals surface area (Å²) in [6, 6.07) is 16.0. The van der Waals surface area contributed by atoms with Crippen LogP contribution >= 0.6 is 0 Å². The summed E-state index contributed by atoms with van der Waals surface area (Å²) in [5.74, 6) is -0.452. The molecule has 1 aromatic heterocycles. The molecule has 0 saturated heterocycles. The number of anilines is 2. The summed E-state index contributed by atoms with van der Waals surface area (Å²) in [7, 11) is 0. The normalized spacial score (nSPS) is 10.5. The molecule has 0 aliphatic carbocycles. The van der Waals surface area contributed by atoms with Crippen LogP contribution in [0.1, 0.15) is 27.2 Å². The minimum Gasteiger partial charge on any atom is -0.383 e. The van der Waals surface area contributed by atoms with Crippen LogP contribution in [0, 0.1) is 19.7 Å². The van der Waals surface area contributed by atoms with Crippen molar-refractivity contribution in [1.29, 1.82) is 0 Å². The van der Waals surface area contributed by atoms with Crippen molar-refractivity contribution in [1.82, 2.24) is 4.98 Å². The maximum atomic E-state index is 13.6. The van der Waals surface area contributed by atoms with Crippen molar-refractivity contribution in [3.8, 4) is 0 Å². The summed E-state index contributed by atoms with van der Waals surface area (Å²) in [6.45, 7) is 4.61. The number of hydrogen-bond donors (Lipinski definition) is 2. The third-order valence-corrected chi connectivity index (χ3v) is 4.44. The maximum absolute atomic E-state index is 13.6. The van der Waals surface area contributed by atoms with Gasteiger partial charge in [-0.3, -0.25) is 4.79 Å². The Morgan fingerprint density at radius 3 is 2.48 bits per heavy atom. The van der Waals surface area contributed by atoms with Crippen LogP contribution < -0.4 is 10.6 Å². The molecule has 138 valence electrons. The molecule has 0 saturated carbocycles. The maximum Gasteiger partial charge on any atom is 0.274 e. The predicted molar refractivity (Wildman–Crippen MR) is 107 cm³/mol. The highest BCUT2D eigenvalue weighted by molar-refractivity contribution is 6.03. The van der Waals surface area contributed by atoms with E-state index in [1.165, 1.54) is 11.6 Å². The second-order valence-corrected chi connectivity index (χ2v) is 6.45. The molecular weight excluding hydrogens is 341 g/mol. The molecule has 5 heteroatoms. The number of benzene rings is 2. The van der Waals surface area contributed by atoms with Crippen LogP contribution in [0.2, 0.25) is 0 Å². The van der Waals surface area contributed by atoms with E-state index in [1.54, 1.807) is 30.5 Å². The summed E-state index contributed by atoms with van der Waals surface area (Å²) < 4.78 is 13.6. The van der Waals surface area contributed by atoms with E-state index in [2.05, 4.69) is 15.6 Å². The van der Waals surface area contributed by atoms with Crippen molar-refractivity contribution in [3.63, 3.8) is 0 Å². The quantitative estimate of drug-likeness (QED) is 0.665. The van der Waals surface area contributed by atoms with E-state index >= 15 is 0 Å². The zero-order valence-electron chi connectivity index (χ0n) is 15.4. The summed E-state index contributed by atoms with van der Waals surface area (Å²) in [5.41, 5.74) is 4.84. The van der Waals surface area contributed by atoms with Crippen molar-refractivity contribution in [2.75, 3.05) is 17.2 Å². The van der Waals surface area contributed by atoms with Gasteiger partial charge in [-0.15, -0.1) is 0 Å². The molecule has 1 heterocycles. The van der Waals surface area contributed by atoms with E-state index in [4.69, 9.17) is 0 Å². The molecule has 0 radical (unpaired) electrons. The van der Waals surface area contributed by atoms with Gasteiger partial charge in [0.05, 0.1) is 11.9 Å². The van der Waals surface area contributed by atoms with Crippen LogP contribution in [0.15, 0.2) is 60.8 Å². The van der Waals surface area contributed by atoms with Gasteiger partial charge >= 0.3 is 0 Å². The Hall–Kier alpha value is -3.21. The smallest absolute Gasteiger partial charge is 0.274 e. The second kappa shape index (κ2) is 8.45. The number of carbonyl (C=O) groups is 1. The standard InChI is InChI=1S/C22H22FN3O/c1-15-7-8-18(13-16(15)2)26-22(27)21-10-9-19(14-25-21)24-12-11-17-5-3-4-6-20(17)23/h3-10,13-14,24H,11-12H2,1-2H3,(H,26,27). The highest BCUT2D eigenvalue weighted by Crippen LogP contribution is 2.15. The van der Waals surface area contributed by atoms with Crippen molar-refractivity contribution >= 4 is 17.3 Å². The lowest BCUT2D eigenvalue weighted by Crippen LogP contribution is -2.14. The number of nitrogens with one attached hydrogen (secondary N) is 2. The van der Waals surface area contributed by atoms with E-state index in [0.29, 0.717) is 24.2 Å². The lowest BCUT2D eigenvalue weighted by atomic mass is 10.1. The summed E-state index contributed by atoms with van der Waals surface area (Å²) in [5, 5.41) is 6.04. The average Bonchev–Trinajstić information content (AvgIpc) is 2.67. The Morgan fingerprint density at radius 2 is 1.78 bits per heavy atom.